The third-order valence-corrected chi connectivity index (χ3v) is 18.1. The molecule has 13 N–H and O–H groups in total. The molecule has 0 aromatic carbocycles. The highest BCUT2D eigenvalue weighted by Crippen LogP contribution is 2.71. The first-order valence-corrected chi connectivity index (χ1v) is 24.0. The van der Waals surface area contributed by atoms with E-state index in [-0.39, 0.29) is 59.7 Å². The van der Waals surface area contributed by atoms with E-state index in [0.29, 0.717) is 38.0 Å². The van der Waals surface area contributed by atoms with Crippen LogP contribution in [0, 0.1) is 52.3 Å². The average molecular weight is 937 g/mol. The first-order chi connectivity index (χ1) is 30.7. The van der Waals surface area contributed by atoms with Crippen LogP contribution in [-0.4, -0.2) is 209 Å². The van der Waals surface area contributed by atoms with Crippen LogP contribution in [0.3, 0.4) is 0 Å². The molecule has 8 aliphatic rings. The molecular formula is C45H76O20. The fraction of sp³-hybridized carbons (Fsp3) is 1.00. The highest BCUT2D eigenvalue weighted by Gasteiger charge is 2.71. The second-order valence-corrected chi connectivity index (χ2v) is 21.5. The molecule has 0 aromatic heterocycles. The number of hydrogen-bond acceptors (Lipinski definition) is 20. The topological polar surface area (TPSA) is 328 Å². The lowest BCUT2D eigenvalue weighted by molar-refractivity contribution is -0.373. The number of aliphatic hydroxyl groups excluding tert-OH is 12. The minimum Gasteiger partial charge on any atom is -0.394 e. The van der Waals surface area contributed by atoms with Gasteiger partial charge in [-0.2, -0.15) is 0 Å². The van der Waals surface area contributed by atoms with Gasteiger partial charge in [-0.25, -0.2) is 0 Å². The van der Waals surface area contributed by atoms with Crippen molar-refractivity contribution in [3.05, 3.63) is 0 Å². The molecule has 0 amide bonds. The summed E-state index contributed by atoms with van der Waals surface area (Å²) in [6.07, 6.45) is -17.3. The van der Waals surface area contributed by atoms with E-state index >= 15 is 0 Å². The van der Waals surface area contributed by atoms with Gasteiger partial charge in [-0.15, -0.1) is 0 Å². The summed E-state index contributed by atoms with van der Waals surface area (Å²) in [7, 11) is 0. The summed E-state index contributed by atoms with van der Waals surface area (Å²) in [6.45, 7) is 6.70. The van der Waals surface area contributed by atoms with Crippen molar-refractivity contribution in [2.75, 3.05) is 26.4 Å². The zero-order valence-corrected chi connectivity index (χ0v) is 37.8. The number of aliphatic hydroxyl groups is 13. The van der Waals surface area contributed by atoms with Gasteiger partial charge in [0.1, 0.15) is 73.2 Å². The minimum atomic E-state index is -1.77. The fourth-order valence-corrected chi connectivity index (χ4v) is 14.1. The van der Waals surface area contributed by atoms with Crippen LogP contribution in [0.4, 0.5) is 0 Å². The summed E-state index contributed by atoms with van der Waals surface area (Å²) in [5, 5.41) is 137. The van der Waals surface area contributed by atoms with Crippen molar-refractivity contribution in [2.24, 2.45) is 52.3 Å². The van der Waals surface area contributed by atoms with Crippen LogP contribution in [0.1, 0.15) is 85.5 Å². The quantitative estimate of drug-likeness (QED) is 0.0829. The van der Waals surface area contributed by atoms with E-state index < -0.39 is 129 Å². The molecule has 376 valence electrons. The second kappa shape index (κ2) is 19.4. The van der Waals surface area contributed by atoms with Crippen LogP contribution in [0.25, 0.3) is 0 Å². The molecule has 0 bridgehead atoms. The van der Waals surface area contributed by atoms with Gasteiger partial charge in [0.2, 0.25) is 0 Å². The maximum absolute atomic E-state index is 12.3. The smallest absolute Gasteiger partial charge is 0.187 e. The van der Waals surface area contributed by atoms with Gasteiger partial charge >= 0.3 is 0 Å². The lowest BCUT2D eigenvalue weighted by Gasteiger charge is -2.62. The number of rotatable bonds is 13. The maximum Gasteiger partial charge on any atom is 0.187 e. The first-order valence-electron chi connectivity index (χ1n) is 24.0. The van der Waals surface area contributed by atoms with Crippen LogP contribution in [0.2, 0.25) is 0 Å². The van der Waals surface area contributed by atoms with Crippen LogP contribution in [0.15, 0.2) is 0 Å². The van der Waals surface area contributed by atoms with Gasteiger partial charge in [-0.3, -0.25) is 0 Å². The lowest BCUT2D eigenvalue weighted by atomic mass is 9.43. The zero-order chi connectivity index (χ0) is 47.1. The Hall–Kier alpha value is -0.800. The van der Waals surface area contributed by atoms with Crippen molar-refractivity contribution in [3.8, 4) is 0 Å². The summed E-state index contributed by atoms with van der Waals surface area (Å²) in [4.78, 5) is 0. The van der Waals surface area contributed by atoms with Crippen molar-refractivity contribution >= 4 is 0 Å². The average Bonchev–Trinajstić information content (AvgIpc) is 3.73. The molecule has 0 aromatic rings. The molecule has 8 fully saturated rings. The monoisotopic (exact) mass is 936 g/mol. The highest BCUT2D eigenvalue weighted by molar-refractivity contribution is 5.17. The Morgan fingerprint density at radius 1 is 0.646 bits per heavy atom. The Kier molecular flexibility index (Phi) is 15.1. The zero-order valence-electron chi connectivity index (χ0n) is 37.8. The van der Waals surface area contributed by atoms with Crippen molar-refractivity contribution in [3.63, 3.8) is 0 Å². The second-order valence-electron chi connectivity index (χ2n) is 21.5. The normalized spacial score (nSPS) is 56.1. The van der Waals surface area contributed by atoms with Crippen molar-refractivity contribution in [1.82, 2.24) is 0 Å². The van der Waals surface area contributed by atoms with E-state index in [1.54, 1.807) is 0 Å². The Morgan fingerprint density at radius 3 is 1.86 bits per heavy atom. The SMILES string of the molecule is C[C@H](CC[C@]1(O)O[C@H]2C[C@H]3[C@@H]4CC[C@@H]5C[C@@H](O[C@@H]6O[C@H](CO)[C@H](O)[C@H](O)[C@H]6O[C@@H]6O[C@H](CO)[C@@H](O)[C@H](O)[C@H]6O)CC[C@]5(C)[C@H]4C[C@@H](O)[C@]3(C)[C@H]2[C@@H]1C)CO[C@@H]1O[C@H](CO)[C@@H](O)[C@H](O)[C@H]1O. The molecular weight excluding hydrogens is 860 g/mol. The van der Waals surface area contributed by atoms with E-state index in [0.717, 1.165) is 25.7 Å². The largest absolute Gasteiger partial charge is 0.394 e. The summed E-state index contributed by atoms with van der Waals surface area (Å²) < 4.78 is 41.8. The van der Waals surface area contributed by atoms with E-state index in [1.165, 1.54) is 0 Å². The maximum atomic E-state index is 12.3. The van der Waals surface area contributed by atoms with E-state index in [1.807, 2.05) is 13.8 Å². The molecule has 20 nitrogen and oxygen atoms in total. The number of fused-ring (bicyclic) bond motifs is 7. The van der Waals surface area contributed by atoms with Gasteiger partial charge in [0.25, 0.3) is 0 Å². The van der Waals surface area contributed by atoms with Crippen LogP contribution >= 0.6 is 0 Å². The van der Waals surface area contributed by atoms with E-state index in [4.69, 9.17) is 33.2 Å². The molecule has 0 radical (unpaired) electrons. The Bertz CT molecular complexity index is 1600. The fourth-order valence-electron chi connectivity index (χ4n) is 14.1. The summed E-state index contributed by atoms with van der Waals surface area (Å²) in [5.74, 6) is -0.943. The molecule has 4 saturated carbocycles. The molecule has 20 heteroatoms. The summed E-state index contributed by atoms with van der Waals surface area (Å²) in [5.41, 5.74) is -0.618. The van der Waals surface area contributed by atoms with Gasteiger partial charge < -0.3 is 99.5 Å². The Morgan fingerprint density at radius 2 is 1.23 bits per heavy atom. The van der Waals surface area contributed by atoms with Crippen molar-refractivity contribution in [1.29, 1.82) is 0 Å². The molecule has 8 rings (SSSR count). The molecule has 4 heterocycles. The Labute approximate surface area is 379 Å². The van der Waals surface area contributed by atoms with Gasteiger partial charge in [0.05, 0.1) is 44.7 Å². The number of hydrogen-bond donors (Lipinski definition) is 13. The summed E-state index contributed by atoms with van der Waals surface area (Å²) >= 11 is 0. The van der Waals surface area contributed by atoms with Crippen molar-refractivity contribution in [2.45, 2.75) is 202 Å². The molecule has 65 heavy (non-hydrogen) atoms. The molecule has 0 unspecified atom stereocenters. The van der Waals surface area contributed by atoms with Gasteiger partial charge in [-0.1, -0.05) is 27.7 Å². The van der Waals surface area contributed by atoms with Gasteiger partial charge in [0.15, 0.2) is 24.7 Å². The predicted molar refractivity (Wildman–Crippen MR) is 220 cm³/mol. The van der Waals surface area contributed by atoms with Gasteiger partial charge in [-0.05, 0) is 86.4 Å². The van der Waals surface area contributed by atoms with E-state index in [2.05, 4.69) is 13.8 Å². The Balaban J connectivity index is 0.886. The molecule has 28 atom stereocenters. The molecule has 4 saturated heterocycles. The molecule has 4 aliphatic heterocycles. The third-order valence-electron chi connectivity index (χ3n) is 18.1. The number of ether oxygens (including phenoxy) is 7. The summed E-state index contributed by atoms with van der Waals surface area (Å²) in [6, 6.07) is 0. The third kappa shape index (κ3) is 8.78. The minimum absolute atomic E-state index is 0.0750. The molecule has 4 aliphatic carbocycles. The first kappa shape index (κ1) is 50.6. The predicted octanol–water partition coefficient (Wildman–Crippen LogP) is -2.81. The highest BCUT2D eigenvalue weighted by atomic mass is 16.8. The lowest BCUT2D eigenvalue weighted by Crippen LogP contribution is -2.65. The van der Waals surface area contributed by atoms with E-state index in [9.17, 15) is 66.4 Å². The van der Waals surface area contributed by atoms with Gasteiger partial charge in [0, 0.05) is 23.7 Å². The van der Waals surface area contributed by atoms with Crippen LogP contribution in [-0.2, 0) is 33.2 Å². The standard InChI is InChI=1S/C45H76O20/c1-18(17-59-40-37(56)34(53)31(50)26(14-46)61-40)7-10-45(58)19(2)30-25(65-45)12-24-22-6-5-20-11-21(8-9-43(20,3)23(22)13-29(49)44(24,30)4)60-42-39(36(55)33(52)28(16-48)63-42)64-41-38(57)35(54)32(51)27(15-47)62-41/h18-42,46-58H,5-17H2,1-4H3/t18-,19+,20-,21+,22-,23+,24+,25+,26-,27-,28-,29-,30+,31-,32-,33+,34+,35+,36+,37-,38-,39-,40-,41+,42-,43+,44-,45+/m1/s1. The van der Waals surface area contributed by atoms with Crippen molar-refractivity contribution < 1.29 is 99.5 Å². The van der Waals surface area contributed by atoms with Crippen LogP contribution < -0.4 is 0 Å². The molecule has 0 spiro atoms. The van der Waals surface area contributed by atoms with Crippen LogP contribution in [0.5, 0.6) is 0 Å².